The van der Waals surface area contributed by atoms with Crippen molar-refractivity contribution in [1.29, 1.82) is 0 Å². The van der Waals surface area contributed by atoms with Gasteiger partial charge in [0.2, 0.25) is 5.91 Å². The molecule has 26 heavy (non-hydrogen) atoms. The van der Waals surface area contributed by atoms with E-state index in [0.717, 1.165) is 23.5 Å². The Morgan fingerprint density at radius 1 is 1.27 bits per heavy atom. The minimum atomic E-state index is -0.866. The molecule has 2 heterocycles. The second-order valence-electron chi connectivity index (χ2n) is 6.31. The summed E-state index contributed by atoms with van der Waals surface area (Å²) in [6.07, 6.45) is 1.39. The van der Waals surface area contributed by atoms with E-state index in [0.29, 0.717) is 18.7 Å². The molecule has 1 saturated heterocycles. The summed E-state index contributed by atoms with van der Waals surface area (Å²) in [5.74, 6) is -1.08. The van der Waals surface area contributed by atoms with Gasteiger partial charge in [-0.15, -0.1) is 12.4 Å². The molecule has 1 amide bonds. The third-order valence-corrected chi connectivity index (χ3v) is 4.55. The van der Waals surface area contributed by atoms with Gasteiger partial charge in [-0.25, -0.2) is 4.68 Å². The molecule has 1 aliphatic rings. The molecule has 1 fully saturated rings. The summed E-state index contributed by atoms with van der Waals surface area (Å²) in [6.45, 7) is 4.45. The zero-order valence-corrected chi connectivity index (χ0v) is 15.6. The average Bonchev–Trinajstić information content (AvgIpc) is 3.15. The number of carbonyl (C=O) groups is 2. The average molecular weight is 379 g/mol. The molecular formula is C18H23ClN4O3. The lowest BCUT2D eigenvalue weighted by molar-refractivity contribution is -0.142. The standard InChI is InChI=1S/C18H22N4O3.ClH/c1-12-17(13(2)22(20-12)14-7-4-3-5-8-14)19-16(23)11-21-10-6-9-15(21)18(24)25;/h3-5,7-8,15H,6,9-11H2,1-2H3,(H,19,23)(H,24,25);1H/t15-;/m0./s1. The van der Waals surface area contributed by atoms with Crippen LogP contribution in [-0.2, 0) is 9.59 Å². The van der Waals surface area contributed by atoms with E-state index in [-0.39, 0.29) is 24.9 Å². The summed E-state index contributed by atoms with van der Waals surface area (Å²) in [5.41, 5.74) is 3.17. The predicted molar refractivity (Wildman–Crippen MR) is 101 cm³/mol. The van der Waals surface area contributed by atoms with E-state index in [1.807, 2.05) is 44.2 Å². The molecule has 140 valence electrons. The topological polar surface area (TPSA) is 87.5 Å². The summed E-state index contributed by atoms with van der Waals surface area (Å²) in [5, 5.41) is 16.6. The van der Waals surface area contributed by atoms with E-state index in [2.05, 4.69) is 10.4 Å². The summed E-state index contributed by atoms with van der Waals surface area (Å²) in [6, 6.07) is 9.14. The first-order valence-electron chi connectivity index (χ1n) is 8.35. The number of aromatic nitrogens is 2. The lowest BCUT2D eigenvalue weighted by Crippen LogP contribution is -2.41. The number of nitrogens with one attached hydrogen (secondary N) is 1. The fourth-order valence-corrected chi connectivity index (χ4v) is 3.30. The first-order valence-corrected chi connectivity index (χ1v) is 8.35. The van der Waals surface area contributed by atoms with Gasteiger partial charge in [0, 0.05) is 0 Å². The maximum atomic E-state index is 12.4. The number of carboxylic acids is 1. The predicted octanol–water partition coefficient (Wildman–Crippen LogP) is 2.40. The largest absolute Gasteiger partial charge is 0.480 e. The molecule has 1 aromatic carbocycles. The number of anilines is 1. The third kappa shape index (κ3) is 4.05. The van der Waals surface area contributed by atoms with E-state index >= 15 is 0 Å². The molecule has 2 N–H and O–H groups in total. The van der Waals surface area contributed by atoms with Crippen LogP contribution in [0, 0.1) is 13.8 Å². The second kappa shape index (κ2) is 8.33. The zero-order valence-electron chi connectivity index (χ0n) is 14.8. The van der Waals surface area contributed by atoms with Crippen LogP contribution in [0.5, 0.6) is 0 Å². The van der Waals surface area contributed by atoms with Crippen molar-refractivity contribution in [3.63, 3.8) is 0 Å². The van der Waals surface area contributed by atoms with E-state index in [4.69, 9.17) is 0 Å². The molecule has 0 bridgehead atoms. The Morgan fingerprint density at radius 2 is 1.96 bits per heavy atom. The number of rotatable bonds is 5. The maximum absolute atomic E-state index is 12.4. The number of benzene rings is 1. The number of halogens is 1. The highest BCUT2D eigenvalue weighted by Crippen LogP contribution is 2.23. The molecule has 7 nitrogen and oxygen atoms in total. The van der Waals surface area contributed by atoms with Crippen LogP contribution in [0.1, 0.15) is 24.2 Å². The molecule has 0 saturated carbocycles. The highest BCUT2D eigenvalue weighted by atomic mass is 35.5. The van der Waals surface area contributed by atoms with Gasteiger partial charge in [-0.05, 0) is 45.4 Å². The van der Waals surface area contributed by atoms with Gasteiger partial charge in [-0.2, -0.15) is 5.10 Å². The van der Waals surface area contributed by atoms with E-state index in [1.165, 1.54) is 0 Å². The summed E-state index contributed by atoms with van der Waals surface area (Å²) in [4.78, 5) is 25.3. The number of nitrogens with zero attached hydrogens (tertiary/aromatic N) is 3. The molecule has 2 aromatic rings. The van der Waals surface area contributed by atoms with Gasteiger partial charge in [-0.3, -0.25) is 14.5 Å². The zero-order chi connectivity index (χ0) is 18.0. The molecule has 1 aromatic heterocycles. The number of amides is 1. The molecule has 8 heteroatoms. The Bertz CT molecular complexity index is 791. The van der Waals surface area contributed by atoms with Gasteiger partial charge in [0.05, 0.1) is 29.3 Å². The van der Waals surface area contributed by atoms with Crippen molar-refractivity contribution < 1.29 is 14.7 Å². The number of carboxylic acid groups (broad SMARTS) is 1. The second-order valence-corrected chi connectivity index (χ2v) is 6.31. The van der Waals surface area contributed by atoms with Crippen LogP contribution in [0.15, 0.2) is 30.3 Å². The monoisotopic (exact) mass is 378 g/mol. The van der Waals surface area contributed by atoms with Gasteiger partial charge >= 0.3 is 5.97 Å². The molecule has 0 unspecified atom stereocenters. The molecule has 1 atom stereocenters. The number of para-hydroxylation sites is 1. The van der Waals surface area contributed by atoms with Crippen molar-refractivity contribution in [1.82, 2.24) is 14.7 Å². The van der Waals surface area contributed by atoms with Crippen LogP contribution in [0.2, 0.25) is 0 Å². The highest BCUT2D eigenvalue weighted by Gasteiger charge is 2.31. The third-order valence-electron chi connectivity index (χ3n) is 4.55. The molecule has 0 spiro atoms. The van der Waals surface area contributed by atoms with Gasteiger partial charge in [0.15, 0.2) is 0 Å². The van der Waals surface area contributed by atoms with Crippen LogP contribution >= 0.6 is 12.4 Å². The summed E-state index contributed by atoms with van der Waals surface area (Å²) >= 11 is 0. The number of hydrogen-bond donors (Lipinski definition) is 2. The highest BCUT2D eigenvalue weighted by molar-refractivity contribution is 5.93. The van der Waals surface area contributed by atoms with Crippen molar-refractivity contribution >= 4 is 30.0 Å². The van der Waals surface area contributed by atoms with Crippen molar-refractivity contribution in [2.24, 2.45) is 0 Å². The van der Waals surface area contributed by atoms with Crippen LogP contribution in [0.3, 0.4) is 0 Å². The first-order chi connectivity index (χ1) is 12.0. The number of aliphatic carboxylic acids is 1. The van der Waals surface area contributed by atoms with Gasteiger partial charge in [-0.1, -0.05) is 18.2 Å². The van der Waals surface area contributed by atoms with E-state index in [1.54, 1.807) is 9.58 Å². The van der Waals surface area contributed by atoms with Crippen molar-refractivity contribution in [2.75, 3.05) is 18.4 Å². The molecule has 0 aliphatic carbocycles. The Kier molecular flexibility index (Phi) is 6.39. The van der Waals surface area contributed by atoms with Gasteiger partial charge in [0.1, 0.15) is 6.04 Å². The van der Waals surface area contributed by atoms with Crippen molar-refractivity contribution in [3.05, 3.63) is 41.7 Å². The minimum Gasteiger partial charge on any atom is -0.480 e. The SMILES string of the molecule is Cc1nn(-c2ccccc2)c(C)c1NC(=O)CN1CCC[C@H]1C(=O)O.Cl. The Balaban J connectivity index is 0.00000243. The van der Waals surface area contributed by atoms with Crippen LogP contribution in [0.4, 0.5) is 5.69 Å². The van der Waals surface area contributed by atoms with E-state index in [9.17, 15) is 14.7 Å². The number of aryl methyl sites for hydroxylation is 1. The van der Waals surface area contributed by atoms with E-state index < -0.39 is 12.0 Å². The number of hydrogen-bond acceptors (Lipinski definition) is 4. The normalized spacial score (nSPS) is 16.9. The minimum absolute atomic E-state index is 0. The van der Waals surface area contributed by atoms with Crippen LogP contribution in [0.25, 0.3) is 5.69 Å². The Morgan fingerprint density at radius 3 is 2.62 bits per heavy atom. The quantitative estimate of drug-likeness (QED) is 0.834. The molecule has 1 aliphatic heterocycles. The fourth-order valence-electron chi connectivity index (χ4n) is 3.30. The summed E-state index contributed by atoms with van der Waals surface area (Å²) in [7, 11) is 0. The van der Waals surface area contributed by atoms with Crippen molar-refractivity contribution in [2.45, 2.75) is 32.7 Å². The Labute approximate surface area is 158 Å². The lowest BCUT2D eigenvalue weighted by atomic mass is 10.2. The molecule has 0 radical (unpaired) electrons. The smallest absolute Gasteiger partial charge is 0.320 e. The maximum Gasteiger partial charge on any atom is 0.320 e. The van der Waals surface area contributed by atoms with Gasteiger partial charge in [0.25, 0.3) is 0 Å². The number of likely N-dealkylation sites (tertiary alicyclic amines) is 1. The number of carbonyl (C=O) groups excluding carboxylic acids is 1. The van der Waals surface area contributed by atoms with Crippen LogP contribution in [-0.4, -0.2) is 50.8 Å². The van der Waals surface area contributed by atoms with Crippen LogP contribution < -0.4 is 5.32 Å². The Hall–Kier alpha value is -2.38. The van der Waals surface area contributed by atoms with Gasteiger partial charge < -0.3 is 10.4 Å². The fraction of sp³-hybridized carbons (Fsp3) is 0.389. The lowest BCUT2D eigenvalue weighted by Gasteiger charge is -2.20. The summed E-state index contributed by atoms with van der Waals surface area (Å²) < 4.78 is 1.79. The molecular weight excluding hydrogens is 356 g/mol. The first kappa shape index (κ1) is 19.9. The van der Waals surface area contributed by atoms with Crippen molar-refractivity contribution in [3.8, 4) is 5.69 Å². The molecule has 3 rings (SSSR count).